The minimum absolute atomic E-state index is 0.0625. The van der Waals surface area contributed by atoms with E-state index in [2.05, 4.69) is 0 Å². The number of benzene rings is 1. The molecule has 5 aliphatic rings. The van der Waals surface area contributed by atoms with Gasteiger partial charge in [-0.15, -0.1) is 0 Å². The molecule has 4 bridgehead atoms. The van der Waals surface area contributed by atoms with Gasteiger partial charge >= 0.3 is 0 Å². The van der Waals surface area contributed by atoms with Crippen LogP contribution in [0.15, 0.2) is 18.2 Å². The molecule has 1 heterocycles. The normalized spacial score (nSPS) is 32.9. The second kappa shape index (κ2) is 7.81. The fraction of sp³-hybridized carbons (Fsp3) is 0.667. The molecule has 6 rings (SSSR count). The van der Waals surface area contributed by atoms with Crippen LogP contribution in [0.4, 0.5) is 4.39 Å². The van der Waals surface area contributed by atoms with Gasteiger partial charge < -0.3 is 9.80 Å². The standard InChI is InChI=1S/C24H30ClFN2O2/c25-19-3-1-4-20(26)22(19)23(30)28-6-2-5-27(7-8-28)21(29)15-24-12-16-9-17(13-24)11-18(10-16)14-24/h1,3-4,16-18H,2,5-15H2. The zero-order valence-electron chi connectivity index (χ0n) is 17.4. The van der Waals surface area contributed by atoms with Crippen molar-refractivity contribution in [3.8, 4) is 0 Å². The summed E-state index contributed by atoms with van der Waals surface area (Å²) in [6, 6.07) is 4.30. The van der Waals surface area contributed by atoms with Gasteiger partial charge in [-0.3, -0.25) is 9.59 Å². The van der Waals surface area contributed by atoms with Gasteiger partial charge in [0.15, 0.2) is 0 Å². The first-order valence-corrected chi connectivity index (χ1v) is 11.8. The highest BCUT2D eigenvalue weighted by Gasteiger charge is 2.51. The number of hydrogen-bond acceptors (Lipinski definition) is 2. The smallest absolute Gasteiger partial charge is 0.258 e. The van der Waals surface area contributed by atoms with E-state index in [0.29, 0.717) is 39.0 Å². The summed E-state index contributed by atoms with van der Waals surface area (Å²) < 4.78 is 14.2. The van der Waals surface area contributed by atoms with Gasteiger partial charge in [0.25, 0.3) is 5.91 Å². The number of rotatable bonds is 3. The van der Waals surface area contributed by atoms with E-state index in [1.54, 1.807) is 4.90 Å². The van der Waals surface area contributed by atoms with Crippen molar-refractivity contribution in [1.82, 2.24) is 9.80 Å². The highest BCUT2D eigenvalue weighted by Crippen LogP contribution is 2.61. The van der Waals surface area contributed by atoms with Crippen LogP contribution < -0.4 is 0 Å². The Morgan fingerprint density at radius 1 is 0.967 bits per heavy atom. The molecule has 2 amide bonds. The zero-order chi connectivity index (χ0) is 20.9. The van der Waals surface area contributed by atoms with E-state index >= 15 is 0 Å². The van der Waals surface area contributed by atoms with Gasteiger partial charge in [0.1, 0.15) is 5.82 Å². The van der Waals surface area contributed by atoms with Crippen LogP contribution in [0.5, 0.6) is 0 Å². The quantitative estimate of drug-likeness (QED) is 0.690. The Morgan fingerprint density at radius 3 is 2.20 bits per heavy atom. The lowest BCUT2D eigenvalue weighted by atomic mass is 9.49. The lowest BCUT2D eigenvalue weighted by Crippen LogP contribution is -2.48. The Bertz CT molecular complexity index is 802. The molecule has 4 nitrogen and oxygen atoms in total. The van der Waals surface area contributed by atoms with Gasteiger partial charge in [-0.1, -0.05) is 17.7 Å². The maximum absolute atomic E-state index is 14.2. The predicted molar refractivity (Wildman–Crippen MR) is 114 cm³/mol. The van der Waals surface area contributed by atoms with Crippen LogP contribution in [0.3, 0.4) is 0 Å². The average molecular weight is 433 g/mol. The Hall–Kier alpha value is -1.62. The molecule has 30 heavy (non-hydrogen) atoms. The van der Waals surface area contributed by atoms with Crippen molar-refractivity contribution in [3.05, 3.63) is 34.6 Å². The molecule has 1 aliphatic heterocycles. The molecule has 4 aliphatic carbocycles. The van der Waals surface area contributed by atoms with Crippen LogP contribution in [-0.2, 0) is 4.79 Å². The molecular formula is C24H30ClFN2O2. The van der Waals surface area contributed by atoms with Gasteiger partial charge in [0.2, 0.25) is 5.91 Å². The highest BCUT2D eigenvalue weighted by molar-refractivity contribution is 6.33. The highest BCUT2D eigenvalue weighted by atomic mass is 35.5. The van der Waals surface area contributed by atoms with Gasteiger partial charge in [0, 0.05) is 32.6 Å². The van der Waals surface area contributed by atoms with E-state index in [-0.39, 0.29) is 27.8 Å². The first kappa shape index (κ1) is 20.3. The molecule has 0 unspecified atom stereocenters. The number of halogens is 2. The van der Waals surface area contributed by atoms with Gasteiger partial charge in [0.05, 0.1) is 10.6 Å². The van der Waals surface area contributed by atoms with Crippen LogP contribution in [0.25, 0.3) is 0 Å². The second-order valence-electron chi connectivity index (χ2n) is 10.2. The summed E-state index contributed by atoms with van der Waals surface area (Å²) in [5.74, 6) is 1.79. The number of nitrogens with zero attached hydrogens (tertiary/aromatic N) is 2. The minimum Gasteiger partial charge on any atom is -0.341 e. The Kier molecular flexibility index (Phi) is 5.29. The summed E-state index contributed by atoms with van der Waals surface area (Å²) in [4.78, 5) is 29.7. The first-order chi connectivity index (χ1) is 14.4. The topological polar surface area (TPSA) is 40.6 Å². The van der Waals surface area contributed by atoms with Crippen molar-refractivity contribution in [2.75, 3.05) is 26.2 Å². The summed E-state index contributed by atoms with van der Waals surface area (Å²) >= 11 is 6.08. The molecule has 162 valence electrons. The zero-order valence-corrected chi connectivity index (χ0v) is 18.2. The SMILES string of the molecule is O=C(CC12CC3CC(CC(C3)C1)C2)N1CCCN(C(=O)c2c(F)cccc2Cl)CC1. The van der Waals surface area contributed by atoms with Gasteiger partial charge in [-0.05, 0) is 80.2 Å². The lowest BCUT2D eigenvalue weighted by Gasteiger charge is -2.57. The van der Waals surface area contributed by atoms with Crippen molar-refractivity contribution in [2.45, 2.75) is 51.4 Å². The van der Waals surface area contributed by atoms with Gasteiger partial charge in [-0.25, -0.2) is 4.39 Å². The summed E-state index contributed by atoms with van der Waals surface area (Å²) in [6.07, 6.45) is 9.22. The molecule has 0 radical (unpaired) electrons. The fourth-order valence-electron chi connectivity index (χ4n) is 7.17. The van der Waals surface area contributed by atoms with Crippen molar-refractivity contribution >= 4 is 23.4 Å². The monoisotopic (exact) mass is 432 g/mol. The molecule has 4 saturated carbocycles. The third-order valence-electron chi connectivity index (χ3n) is 8.00. The Morgan fingerprint density at radius 2 is 1.57 bits per heavy atom. The van der Waals surface area contributed by atoms with Crippen LogP contribution in [0.2, 0.25) is 5.02 Å². The summed E-state index contributed by atoms with van der Waals surface area (Å²) in [7, 11) is 0. The van der Waals surface area contributed by atoms with Crippen LogP contribution in [0.1, 0.15) is 61.7 Å². The Balaban J connectivity index is 1.23. The maximum Gasteiger partial charge on any atom is 0.258 e. The number of amides is 2. The van der Waals surface area contributed by atoms with E-state index in [1.165, 1.54) is 56.7 Å². The van der Waals surface area contributed by atoms with E-state index in [4.69, 9.17) is 11.6 Å². The van der Waals surface area contributed by atoms with E-state index in [0.717, 1.165) is 17.8 Å². The molecule has 1 aromatic carbocycles. The maximum atomic E-state index is 14.2. The number of carbonyl (C=O) groups is 2. The molecule has 0 spiro atoms. The van der Waals surface area contributed by atoms with Gasteiger partial charge in [-0.2, -0.15) is 0 Å². The lowest BCUT2D eigenvalue weighted by molar-refractivity contribution is -0.139. The van der Waals surface area contributed by atoms with Crippen LogP contribution >= 0.6 is 11.6 Å². The molecular weight excluding hydrogens is 403 g/mol. The summed E-state index contributed by atoms with van der Waals surface area (Å²) in [6.45, 7) is 2.13. The first-order valence-electron chi connectivity index (χ1n) is 11.4. The third kappa shape index (κ3) is 3.74. The van der Waals surface area contributed by atoms with Crippen LogP contribution in [0, 0.1) is 29.0 Å². The Labute approximate surface area is 182 Å². The van der Waals surface area contributed by atoms with Crippen molar-refractivity contribution in [2.24, 2.45) is 23.2 Å². The molecule has 5 fully saturated rings. The third-order valence-corrected chi connectivity index (χ3v) is 8.32. The molecule has 6 heteroatoms. The van der Waals surface area contributed by atoms with E-state index < -0.39 is 5.82 Å². The molecule has 0 N–H and O–H groups in total. The number of carbonyl (C=O) groups excluding carboxylic acids is 2. The number of hydrogen-bond donors (Lipinski definition) is 0. The molecule has 1 aromatic rings. The van der Waals surface area contributed by atoms with Crippen molar-refractivity contribution < 1.29 is 14.0 Å². The minimum atomic E-state index is -0.591. The average Bonchev–Trinajstić information content (AvgIpc) is 2.92. The summed E-state index contributed by atoms with van der Waals surface area (Å²) in [5.41, 5.74) is 0.168. The van der Waals surface area contributed by atoms with Crippen molar-refractivity contribution in [1.29, 1.82) is 0 Å². The van der Waals surface area contributed by atoms with E-state index in [1.807, 2.05) is 4.90 Å². The fourth-order valence-corrected chi connectivity index (χ4v) is 7.41. The van der Waals surface area contributed by atoms with Crippen molar-refractivity contribution in [3.63, 3.8) is 0 Å². The molecule has 0 atom stereocenters. The second-order valence-corrected chi connectivity index (χ2v) is 10.6. The predicted octanol–water partition coefficient (Wildman–Crippen LogP) is 4.76. The summed E-state index contributed by atoms with van der Waals surface area (Å²) in [5, 5.41) is 0.138. The molecule has 1 saturated heterocycles. The van der Waals surface area contributed by atoms with Crippen LogP contribution in [-0.4, -0.2) is 47.8 Å². The largest absolute Gasteiger partial charge is 0.341 e. The van der Waals surface area contributed by atoms with E-state index in [9.17, 15) is 14.0 Å². The molecule has 0 aromatic heterocycles.